The third kappa shape index (κ3) is 2.45. The maximum atomic E-state index is 11.9. The van der Waals surface area contributed by atoms with Crippen molar-refractivity contribution in [2.45, 2.75) is 19.6 Å². The summed E-state index contributed by atoms with van der Waals surface area (Å²) in [4.78, 5) is 23.9. The van der Waals surface area contributed by atoms with Crippen molar-refractivity contribution in [1.82, 2.24) is 0 Å². The Morgan fingerprint density at radius 1 is 1.14 bits per heavy atom. The highest BCUT2D eigenvalue weighted by Gasteiger charge is 2.39. The van der Waals surface area contributed by atoms with Gasteiger partial charge in [0.25, 0.3) is 5.79 Å². The lowest BCUT2D eigenvalue weighted by molar-refractivity contribution is -0.222. The predicted molar refractivity (Wildman–Crippen MR) is 73.4 cm³/mol. The molecule has 2 aliphatic rings. The fourth-order valence-electron chi connectivity index (χ4n) is 2.18. The molecule has 2 heterocycles. The first kappa shape index (κ1) is 14.2. The van der Waals surface area contributed by atoms with Crippen molar-refractivity contribution in [2.24, 2.45) is 0 Å². The Labute approximate surface area is 126 Å². The van der Waals surface area contributed by atoms with Crippen LogP contribution in [-0.2, 0) is 19.1 Å². The molecule has 2 aliphatic heterocycles. The summed E-state index contributed by atoms with van der Waals surface area (Å²) in [7, 11) is 1.49. The molecule has 0 saturated carbocycles. The topological polar surface area (TPSA) is 80.3 Å². The second-order valence-corrected chi connectivity index (χ2v) is 5.19. The van der Waals surface area contributed by atoms with Gasteiger partial charge in [0.05, 0.1) is 7.11 Å². The number of rotatable bonds is 2. The van der Waals surface area contributed by atoms with Crippen LogP contribution in [-0.4, -0.2) is 31.6 Å². The Bertz CT molecular complexity index is 665. The first-order chi connectivity index (χ1) is 10.4. The summed E-state index contributed by atoms with van der Waals surface area (Å²) in [5.74, 6) is -1.34. The molecule has 0 aromatic heterocycles. The first-order valence-electron chi connectivity index (χ1n) is 6.55. The minimum absolute atomic E-state index is 0.0873. The van der Waals surface area contributed by atoms with Gasteiger partial charge in [-0.15, -0.1) is 0 Å². The summed E-state index contributed by atoms with van der Waals surface area (Å²) >= 11 is 0. The van der Waals surface area contributed by atoms with E-state index in [1.807, 2.05) is 0 Å². The van der Waals surface area contributed by atoms with E-state index in [-0.39, 0.29) is 12.4 Å². The molecule has 1 aromatic carbocycles. The monoisotopic (exact) mass is 306 g/mol. The van der Waals surface area contributed by atoms with Crippen molar-refractivity contribution in [3.63, 3.8) is 0 Å². The molecule has 1 fully saturated rings. The van der Waals surface area contributed by atoms with Gasteiger partial charge >= 0.3 is 11.9 Å². The zero-order valence-corrected chi connectivity index (χ0v) is 12.3. The molecule has 0 radical (unpaired) electrons. The van der Waals surface area contributed by atoms with Crippen LogP contribution in [0.25, 0.3) is 6.08 Å². The van der Waals surface area contributed by atoms with Gasteiger partial charge in [-0.3, -0.25) is 0 Å². The van der Waals surface area contributed by atoms with Crippen molar-refractivity contribution in [1.29, 1.82) is 0 Å². The van der Waals surface area contributed by atoms with E-state index in [9.17, 15) is 9.59 Å². The number of cyclic esters (lactones) is 2. The normalized spacial score (nSPS) is 18.6. The number of methoxy groups -OCH3 is 1. The lowest BCUT2D eigenvalue weighted by atomic mass is 10.1. The van der Waals surface area contributed by atoms with E-state index >= 15 is 0 Å². The summed E-state index contributed by atoms with van der Waals surface area (Å²) in [5.41, 5.74) is 0.338. The Balaban J connectivity index is 1.99. The lowest BCUT2D eigenvalue weighted by Gasteiger charge is -2.29. The molecule has 7 nitrogen and oxygen atoms in total. The van der Waals surface area contributed by atoms with Crippen molar-refractivity contribution < 1.29 is 33.3 Å². The van der Waals surface area contributed by atoms with Gasteiger partial charge in [0.1, 0.15) is 5.57 Å². The van der Waals surface area contributed by atoms with Crippen molar-refractivity contribution in [2.75, 3.05) is 13.9 Å². The van der Waals surface area contributed by atoms with Gasteiger partial charge in [-0.05, 0) is 23.8 Å². The molecule has 0 amide bonds. The summed E-state index contributed by atoms with van der Waals surface area (Å²) in [6, 6.07) is 3.26. The van der Waals surface area contributed by atoms with Crippen LogP contribution in [0.3, 0.4) is 0 Å². The number of hydrogen-bond donors (Lipinski definition) is 0. The maximum absolute atomic E-state index is 11.9. The molecule has 0 atom stereocenters. The number of ether oxygens (including phenoxy) is 5. The molecule has 7 heteroatoms. The van der Waals surface area contributed by atoms with Crippen LogP contribution in [0.15, 0.2) is 17.7 Å². The van der Waals surface area contributed by atoms with E-state index in [1.54, 1.807) is 12.1 Å². The van der Waals surface area contributed by atoms with Gasteiger partial charge in [0.15, 0.2) is 11.5 Å². The molecule has 22 heavy (non-hydrogen) atoms. The number of fused-ring (bicyclic) bond motifs is 1. The zero-order valence-electron chi connectivity index (χ0n) is 12.3. The zero-order chi connectivity index (χ0) is 15.9. The van der Waals surface area contributed by atoms with Gasteiger partial charge in [0, 0.05) is 13.8 Å². The Hall–Kier alpha value is -2.70. The van der Waals surface area contributed by atoms with Crippen LogP contribution in [0, 0.1) is 0 Å². The first-order valence-corrected chi connectivity index (χ1v) is 6.55. The molecule has 3 rings (SSSR count). The molecule has 0 unspecified atom stereocenters. The van der Waals surface area contributed by atoms with E-state index in [1.165, 1.54) is 27.0 Å². The lowest BCUT2D eigenvalue weighted by Crippen LogP contribution is -2.41. The molecule has 0 spiro atoms. The average molecular weight is 306 g/mol. The minimum atomic E-state index is -1.27. The number of benzene rings is 1. The summed E-state index contributed by atoms with van der Waals surface area (Å²) < 4.78 is 25.9. The second-order valence-electron chi connectivity index (χ2n) is 5.19. The number of carbonyl (C=O) groups is 2. The Morgan fingerprint density at radius 2 is 1.82 bits per heavy atom. The number of esters is 2. The standard InChI is InChI=1S/C15H14O7/c1-15(2)21-13(16)9(14(17)22-15)4-8-5-10(18-3)12-11(6-8)19-7-20-12/h4-6H,7H2,1-3H3. The summed E-state index contributed by atoms with van der Waals surface area (Å²) in [5, 5.41) is 0. The van der Waals surface area contributed by atoms with E-state index in [0.717, 1.165) is 0 Å². The highest BCUT2D eigenvalue weighted by Crippen LogP contribution is 2.42. The highest BCUT2D eigenvalue weighted by atomic mass is 16.7. The smallest absolute Gasteiger partial charge is 0.348 e. The molecule has 0 aliphatic carbocycles. The van der Waals surface area contributed by atoms with E-state index in [4.69, 9.17) is 23.7 Å². The quantitative estimate of drug-likeness (QED) is 0.467. The van der Waals surface area contributed by atoms with Gasteiger partial charge in [0.2, 0.25) is 12.5 Å². The molecular weight excluding hydrogens is 292 g/mol. The van der Waals surface area contributed by atoms with Gasteiger partial charge in [-0.2, -0.15) is 0 Å². The fraction of sp³-hybridized carbons (Fsp3) is 0.333. The predicted octanol–water partition coefficient (Wildman–Crippen LogP) is 1.64. The van der Waals surface area contributed by atoms with E-state index in [0.29, 0.717) is 22.8 Å². The van der Waals surface area contributed by atoms with Crippen LogP contribution in [0.5, 0.6) is 17.2 Å². The highest BCUT2D eigenvalue weighted by molar-refractivity contribution is 6.18. The van der Waals surface area contributed by atoms with Crippen LogP contribution >= 0.6 is 0 Å². The van der Waals surface area contributed by atoms with Crippen LogP contribution in [0.1, 0.15) is 19.4 Å². The van der Waals surface area contributed by atoms with Crippen LogP contribution in [0.4, 0.5) is 0 Å². The second kappa shape index (κ2) is 4.94. The molecule has 1 aromatic rings. The van der Waals surface area contributed by atoms with Gasteiger partial charge in [-0.1, -0.05) is 0 Å². The minimum Gasteiger partial charge on any atom is -0.493 e. The van der Waals surface area contributed by atoms with Crippen LogP contribution < -0.4 is 14.2 Å². The summed E-state index contributed by atoms with van der Waals surface area (Å²) in [6.07, 6.45) is 1.37. The maximum Gasteiger partial charge on any atom is 0.348 e. The van der Waals surface area contributed by atoms with Crippen molar-refractivity contribution in [3.8, 4) is 17.2 Å². The van der Waals surface area contributed by atoms with Crippen molar-refractivity contribution >= 4 is 18.0 Å². The van der Waals surface area contributed by atoms with Crippen LogP contribution in [0.2, 0.25) is 0 Å². The number of carbonyl (C=O) groups excluding carboxylic acids is 2. The Kier molecular flexibility index (Phi) is 3.20. The third-order valence-corrected chi connectivity index (χ3v) is 3.11. The van der Waals surface area contributed by atoms with Gasteiger partial charge < -0.3 is 23.7 Å². The molecule has 1 saturated heterocycles. The largest absolute Gasteiger partial charge is 0.493 e. The SMILES string of the molecule is COc1cc(C=C2C(=O)OC(C)(C)OC2=O)cc2c1OCO2. The molecular formula is C15H14O7. The number of hydrogen-bond acceptors (Lipinski definition) is 7. The average Bonchev–Trinajstić information content (AvgIpc) is 2.89. The third-order valence-electron chi connectivity index (χ3n) is 3.11. The molecule has 0 bridgehead atoms. The molecule has 0 N–H and O–H groups in total. The fourth-order valence-corrected chi connectivity index (χ4v) is 2.18. The van der Waals surface area contributed by atoms with Gasteiger partial charge in [-0.25, -0.2) is 9.59 Å². The molecule has 116 valence electrons. The van der Waals surface area contributed by atoms with E-state index in [2.05, 4.69) is 0 Å². The Morgan fingerprint density at radius 3 is 2.45 bits per heavy atom. The van der Waals surface area contributed by atoms with E-state index < -0.39 is 17.7 Å². The summed E-state index contributed by atoms with van der Waals surface area (Å²) in [6.45, 7) is 3.07. The van der Waals surface area contributed by atoms with Crippen molar-refractivity contribution in [3.05, 3.63) is 23.3 Å².